The Kier molecular flexibility index (Phi) is 6.81. The molecule has 0 radical (unpaired) electrons. The van der Waals surface area contributed by atoms with E-state index in [4.69, 9.17) is 14.2 Å². The summed E-state index contributed by atoms with van der Waals surface area (Å²) in [6, 6.07) is 4.09. The molecule has 1 saturated heterocycles. The van der Waals surface area contributed by atoms with Gasteiger partial charge in [0, 0.05) is 32.0 Å². The van der Waals surface area contributed by atoms with Gasteiger partial charge in [0.25, 0.3) is 0 Å². The zero-order chi connectivity index (χ0) is 13.2. The molecule has 19 heavy (non-hydrogen) atoms. The fourth-order valence-electron chi connectivity index (χ4n) is 1.95. The number of nitrogens with zero attached hydrogens (tertiary/aromatic N) is 2. The fraction of sp³-hybridized carbons (Fsp3) is 0.643. The topological polar surface area (TPSA) is 43.8 Å². The van der Waals surface area contributed by atoms with E-state index < -0.39 is 0 Å². The molecule has 0 N–H and O–H groups in total. The van der Waals surface area contributed by atoms with Gasteiger partial charge in [-0.25, -0.2) is 0 Å². The predicted molar refractivity (Wildman–Crippen MR) is 72.0 cm³/mol. The lowest BCUT2D eigenvalue weighted by atomic mass is 10.2. The lowest BCUT2D eigenvalue weighted by molar-refractivity contribution is -0.00689. The summed E-state index contributed by atoms with van der Waals surface area (Å²) in [6.07, 6.45) is 3.66. The van der Waals surface area contributed by atoms with Crippen LogP contribution in [-0.4, -0.2) is 62.6 Å². The van der Waals surface area contributed by atoms with Crippen LogP contribution in [0.5, 0.6) is 0 Å². The average Bonchev–Trinajstić information content (AvgIpc) is 2.43. The van der Waals surface area contributed by atoms with Gasteiger partial charge in [0.15, 0.2) is 0 Å². The van der Waals surface area contributed by atoms with Gasteiger partial charge >= 0.3 is 0 Å². The first-order valence-electron chi connectivity index (χ1n) is 6.79. The van der Waals surface area contributed by atoms with Crippen molar-refractivity contribution in [1.82, 2.24) is 9.88 Å². The Balaban J connectivity index is 1.81. The number of rotatable bonds is 2. The van der Waals surface area contributed by atoms with Crippen molar-refractivity contribution in [2.24, 2.45) is 0 Å². The Labute approximate surface area is 114 Å². The van der Waals surface area contributed by atoms with Crippen LogP contribution in [0.2, 0.25) is 0 Å². The van der Waals surface area contributed by atoms with Gasteiger partial charge in [0.2, 0.25) is 0 Å². The second-order valence-corrected chi connectivity index (χ2v) is 4.47. The second kappa shape index (κ2) is 8.98. The highest BCUT2D eigenvalue weighted by Crippen LogP contribution is 2.03. The zero-order valence-electron chi connectivity index (χ0n) is 11.3. The van der Waals surface area contributed by atoms with Crippen molar-refractivity contribution in [3.8, 4) is 0 Å². The third-order valence-corrected chi connectivity index (χ3v) is 3.00. The summed E-state index contributed by atoms with van der Waals surface area (Å²) in [6.45, 7) is 6.79. The zero-order valence-corrected chi connectivity index (χ0v) is 11.3. The molecule has 1 aliphatic rings. The summed E-state index contributed by atoms with van der Waals surface area (Å²) in [5.41, 5.74) is 1.27. The SMILES string of the molecule is c1cc(CN2CCOCCOCCOCC2)ccn1. The molecule has 0 aliphatic carbocycles. The minimum atomic E-state index is 0.647. The summed E-state index contributed by atoms with van der Waals surface area (Å²) in [5, 5.41) is 0. The van der Waals surface area contributed by atoms with Crippen LogP contribution in [0, 0.1) is 0 Å². The van der Waals surface area contributed by atoms with Crippen LogP contribution in [-0.2, 0) is 20.8 Å². The van der Waals surface area contributed by atoms with Gasteiger partial charge < -0.3 is 14.2 Å². The Morgan fingerprint density at radius 2 is 1.37 bits per heavy atom. The van der Waals surface area contributed by atoms with Gasteiger partial charge in [0.1, 0.15) is 0 Å². The first-order valence-corrected chi connectivity index (χ1v) is 6.79. The molecule has 106 valence electrons. The van der Waals surface area contributed by atoms with Gasteiger partial charge in [-0.2, -0.15) is 0 Å². The monoisotopic (exact) mass is 266 g/mol. The van der Waals surface area contributed by atoms with E-state index in [9.17, 15) is 0 Å². The average molecular weight is 266 g/mol. The summed E-state index contributed by atoms with van der Waals surface area (Å²) in [7, 11) is 0. The number of pyridine rings is 1. The highest BCUT2D eigenvalue weighted by atomic mass is 16.5. The summed E-state index contributed by atoms with van der Waals surface area (Å²) >= 11 is 0. The van der Waals surface area contributed by atoms with Crippen molar-refractivity contribution < 1.29 is 14.2 Å². The number of hydrogen-bond acceptors (Lipinski definition) is 5. The van der Waals surface area contributed by atoms with Gasteiger partial charge in [-0.1, -0.05) is 0 Å². The van der Waals surface area contributed by atoms with Crippen LogP contribution < -0.4 is 0 Å². The molecular weight excluding hydrogens is 244 g/mol. The van der Waals surface area contributed by atoms with Crippen LogP contribution in [0.25, 0.3) is 0 Å². The Morgan fingerprint density at radius 1 is 0.842 bits per heavy atom. The smallest absolute Gasteiger partial charge is 0.0701 e. The predicted octanol–water partition coefficient (Wildman–Crippen LogP) is 0.947. The minimum Gasteiger partial charge on any atom is -0.378 e. The Bertz CT molecular complexity index is 323. The molecule has 1 aromatic heterocycles. The Morgan fingerprint density at radius 3 is 1.95 bits per heavy atom. The van der Waals surface area contributed by atoms with Crippen molar-refractivity contribution in [1.29, 1.82) is 0 Å². The molecule has 0 atom stereocenters. The van der Waals surface area contributed by atoms with E-state index >= 15 is 0 Å². The molecule has 0 aromatic carbocycles. The van der Waals surface area contributed by atoms with E-state index in [2.05, 4.69) is 9.88 Å². The lowest BCUT2D eigenvalue weighted by Gasteiger charge is -2.23. The van der Waals surface area contributed by atoms with E-state index in [0.717, 1.165) is 32.8 Å². The van der Waals surface area contributed by atoms with Crippen molar-refractivity contribution in [2.45, 2.75) is 6.54 Å². The fourth-order valence-corrected chi connectivity index (χ4v) is 1.95. The van der Waals surface area contributed by atoms with Gasteiger partial charge in [0.05, 0.1) is 39.6 Å². The van der Waals surface area contributed by atoms with E-state index in [-0.39, 0.29) is 0 Å². The van der Waals surface area contributed by atoms with E-state index in [1.54, 1.807) is 0 Å². The normalized spacial score (nSPS) is 20.4. The first kappa shape index (κ1) is 14.4. The molecular formula is C14H22N2O3. The molecule has 0 unspecified atom stereocenters. The molecule has 5 heteroatoms. The second-order valence-electron chi connectivity index (χ2n) is 4.47. The van der Waals surface area contributed by atoms with Crippen molar-refractivity contribution >= 4 is 0 Å². The standard InChI is InChI=1S/C14H22N2O3/c1-3-15-4-2-14(1)13-16-5-7-17-9-11-19-12-10-18-8-6-16/h1-4H,5-13H2. The molecule has 2 heterocycles. The number of aromatic nitrogens is 1. The van der Waals surface area contributed by atoms with Crippen LogP contribution in [0.1, 0.15) is 5.56 Å². The van der Waals surface area contributed by atoms with Gasteiger partial charge in [-0.05, 0) is 17.7 Å². The largest absolute Gasteiger partial charge is 0.378 e. The van der Waals surface area contributed by atoms with E-state index in [1.807, 2.05) is 24.5 Å². The van der Waals surface area contributed by atoms with E-state index in [1.165, 1.54) is 5.56 Å². The van der Waals surface area contributed by atoms with E-state index in [0.29, 0.717) is 26.4 Å². The van der Waals surface area contributed by atoms with Crippen LogP contribution in [0.4, 0.5) is 0 Å². The van der Waals surface area contributed by atoms with Gasteiger partial charge in [-0.3, -0.25) is 9.88 Å². The molecule has 1 aromatic rings. The first-order chi connectivity index (χ1) is 9.45. The summed E-state index contributed by atoms with van der Waals surface area (Å²) < 4.78 is 16.5. The third kappa shape index (κ3) is 6.11. The van der Waals surface area contributed by atoms with Crippen LogP contribution in [0.3, 0.4) is 0 Å². The molecule has 1 aliphatic heterocycles. The minimum absolute atomic E-state index is 0.647. The maximum atomic E-state index is 5.55. The van der Waals surface area contributed by atoms with Crippen LogP contribution >= 0.6 is 0 Å². The Hall–Kier alpha value is -1.01. The highest BCUT2D eigenvalue weighted by molar-refractivity contribution is 5.09. The quantitative estimate of drug-likeness (QED) is 0.797. The van der Waals surface area contributed by atoms with Crippen molar-refractivity contribution in [3.63, 3.8) is 0 Å². The number of hydrogen-bond donors (Lipinski definition) is 0. The molecule has 0 saturated carbocycles. The molecule has 0 spiro atoms. The highest BCUT2D eigenvalue weighted by Gasteiger charge is 2.07. The van der Waals surface area contributed by atoms with Gasteiger partial charge in [-0.15, -0.1) is 0 Å². The maximum Gasteiger partial charge on any atom is 0.0701 e. The van der Waals surface area contributed by atoms with Crippen molar-refractivity contribution in [2.75, 3.05) is 52.7 Å². The molecule has 5 nitrogen and oxygen atoms in total. The number of ether oxygens (including phenoxy) is 3. The molecule has 2 rings (SSSR count). The molecule has 0 bridgehead atoms. The summed E-state index contributed by atoms with van der Waals surface area (Å²) in [5.74, 6) is 0. The maximum absolute atomic E-state index is 5.55. The summed E-state index contributed by atoms with van der Waals surface area (Å²) in [4.78, 5) is 6.39. The van der Waals surface area contributed by atoms with Crippen LogP contribution in [0.15, 0.2) is 24.5 Å². The van der Waals surface area contributed by atoms with Crippen molar-refractivity contribution in [3.05, 3.63) is 30.1 Å². The molecule has 1 fully saturated rings. The lowest BCUT2D eigenvalue weighted by Crippen LogP contribution is -2.31. The third-order valence-electron chi connectivity index (χ3n) is 3.00. The molecule has 0 amide bonds.